The quantitative estimate of drug-likeness (QED) is 0.562. The van der Waals surface area contributed by atoms with Crippen molar-refractivity contribution < 1.29 is 36.5 Å². The van der Waals surface area contributed by atoms with Crippen LogP contribution in [0.15, 0.2) is 29.3 Å². The molecule has 0 fully saturated rings. The number of ether oxygens (including phenoxy) is 1. The zero-order valence-electron chi connectivity index (χ0n) is 15.7. The van der Waals surface area contributed by atoms with E-state index in [1.54, 1.807) is 0 Å². The molecule has 0 bridgehead atoms. The van der Waals surface area contributed by atoms with E-state index >= 15 is 0 Å². The number of hydrogen-bond donors (Lipinski definition) is 3. The molecular formula is C17H22F3N3O5S. The Bertz CT molecular complexity index is 885. The first-order chi connectivity index (χ1) is 13.4. The van der Waals surface area contributed by atoms with Crippen LogP contribution in [0.5, 0.6) is 5.88 Å². The van der Waals surface area contributed by atoms with Gasteiger partial charge >= 0.3 is 6.18 Å². The molecule has 1 unspecified atom stereocenters. The molecule has 162 valence electrons. The van der Waals surface area contributed by atoms with Crippen LogP contribution in [0.1, 0.15) is 25.8 Å². The van der Waals surface area contributed by atoms with Gasteiger partial charge in [0.1, 0.15) is 11.7 Å². The van der Waals surface area contributed by atoms with Crippen LogP contribution < -0.4 is 10.1 Å². The third-order valence-electron chi connectivity index (χ3n) is 4.14. The van der Waals surface area contributed by atoms with E-state index in [1.807, 2.05) is 0 Å². The van der Waals surface area contributed by atoms with Crippen molar-refractivity contribution in [3.8, 4) is 5.88 Å². The average Bonchev–Trinajstić information content (AvgIpc) is 2.61. The van der Waals surface area contributed by atoms with Gasteiger partial charge in [-0.2, -0.15) is 18.2 Å². The highest BCUT2D eigenvalue weighted by atomic mass is 32.2. The highest BCUT2D eigenvalue weighted by Crippen LogP contribution is 2.35. The van der Waals surface area contributed by atoms with Crippen LogP contribution >= 0.6 is 0 Å². The summed E-state index contributed by atoms with van der Waals surface area (Å²) in [7, 11) is -3.58. The summed E-state index contributed by atoms with van der Waals surface area (Å²) in [4.78, 5) is 7.49. The highest BCUT2D eigenvalue weighted by molar-refractivity contribution is 7.95. The molecule has 3 atom stereocenters. The third kappa shape index (κ3) is 6.15. The lowest BCUT2D eigenvalue weighted by atomic mass is 10.1. The smallest absolute Gasteiger partial charge is 0.423 e. The zero-order valence-corrected chi connectivity index (χ0v) is 16.5. The number of aliphatic hydroxyl groups is 2. The summed E-state index contributed by atoms with van der Waals surface area (Å²) < 4.78 is 68.5. The van der Waals surface area contributed by atoms with Gasteiger partial charge in [-0.15, -0.1) is 0 Å². The van der Waals surface area contributed by atoms with Gasteiger partial charge in [-0.3, -0.25) is 0 Å². The summed E-state index contributed by atoms with van der Waals surface area (Å²) in [6.45, 7) is 2.28. The zero-order chi connectivity index (χ0) is 21.8. The molecule has 1 aromatic rings. The first kappa shape index (κ1) is 23.1. The SMILES string of the molecule is C[C@@H](O)[C@@H](C)Oc1nc(NC2C=CC(S(=O)(=O)CCO)=CC2)ncc1C(F)(F)F. The number of anilines is 1. The minimum absolute atomic E-state index is 0.0627. The molecule has 0 saturated carbocycles. The first-order valence-corrected chi connectivity index (χ1v) is 10.4. The van der Waals surface area contributed by atoms with Crippen molar-refractivity contribution in [1.29, 1.82) is 0 Å². The third-order valence-corrected chi connectivity index (χ3v) is 5.88. The Hall–Kier alpha value is -2.18. The van der Waals surface area contributed by atoms with Crippen molar-refractivity contribution in [2.45, 2.75) is 44.7 Å². The summed E-state index contributed by atoms with van der Waals surface area (Å²) in [6, 6.07) is -0.457. The van der Waals surface area contributed by atoms with Crippen LogP contribution in [0.3, 0.4) is 0 Å². The maximum absolute atomic E-state index is 13.2. The van der Waals surface area contributed by atoms with Crippen LogP contribution in [0.25, 0.3) is 0 Å². The summed E-state index contributed by atoms with van der Waals surface area (Å²) in [5, 5.41) is 21.1. The van der Waals surface area contributed by atoms with Gasteiger partial charge in [-0.1, -0.05) is 12.2 Å². The lowest BCUT2D eigenvalue weighted by molar-refractivity contribution is -0.140. The molecule has 1 aliphatic carbocycles. The minimum Gasteiger partial charge on any atom is -0.471 e. The molecule has 0 aliphatic heterocycles. The number of allylic oxidation sites excluding steroid dienone is 1. The van der Waals surface area contributed by atoms with E-state index in [0.29, 0.717) is 6.20 Å². The van der Waals surface area contributed by atoms with Gasteiger partial charge in [0, 0.05) is 6.20 Å². The number of rotatable bonds is 8. The van der Waals surface area contributed by atoms with E-state index in [1.165, 1.54) is 32.1 Å². The Kier molecular flexibility index (Phi) is 7.25. The largest absolute Gasteiger partial charge is 0.471 e. The van der Waals surface area contributed by atoms with E-state index < -0.39 is 58.1 Å². The van der Waals surface area contributed by atoms with Crippen LogP contribution in [0.4, 0.5) is 19.1 Å². The van der Waals surface area contributed by atoms with E-state index in [0.717, 1.165) is 0 Å². The fourth-order valence-electron chi connectivity index (χ4n) is 2.34. The van der Waals surface area contributed by atoms with Gasteiger partial charge in [0.05, 0.1) is 29.4 Å². The number of nitrogens with one attached hydrogen (secondary N) is 1. The molecule has 29 heavy (non-hydrogen) atoms. The number of aromatic nitrogens is 2. The molecule has 0 amide bonds. The summed E-state index contributed by atoms with van der Waals surface area (Å²) in [5.41, 5.74) is -1.17. The van der Waals surface area contributed by atoms with Crippen molar-refractivity contribution in [3.05, 3.63) is 34.9 Å². The van der Waals surface area contributed by atoms with Gasteiger partial charge in [-0.05, 0) is 26.3 Å². The number of halogens is 3. The molecule has 1 aliphatic rings. The number of aliphatic hydroxyl groups excluding tert-OH is 2. The predicted octanol–water partition coefficient (Wildman–Crippen LogP) is 1.67. The topological polar surface area (TPSA) is 122 Å². The van der Waals surface area contributed by atoms with Gasteiger partial charge < -0.3 is 20.3 Å². The maximum atomic E-state index is 13.2. The molecule has 1 aromatic heterocycles. The van der Waals surface area contributed by atoms with Crippen LogP contribution in [-0.4, -0.2) is 59.2 Å². The van der Waals surface area contributed by atoms with Crippen molar-refractivity contribution in [3.63, 3.8) is 0 Å². The van der Waals surface area contributed by atoms with Crippen molar-refractivity contribution in [1.82, 2.24) is 9.97 Å². The highest BCUT2D eigenvalue weighted by Gasteiger charge is 2.37. The Labute approximate surface area is 166 Å². The number of nitrogens with zero attached hydrogens (tertiary/aromatic N) is 2. The van der Waals surface area contributed by atoms with Crippen LogP contribution in [0, 0.1) is 0 Å². The second-order valence-electron chi connectivity index (χ2n) is 6.47. The van der Waals surface area contributed by atoms with E-state index in [9.17, 15) is 26.7 Å². The number of hydrogen-bond acceptors (Lipinski definition) is 8. The second kappa shape index (κ2) is 9.09. The molecule has 2 rings (SSSR count). The van der Waals surface area contributed by atoms with E-state index in [2.05, 4.69) is 15.3 Å². The second-order valence-corrected chi connectivity index (χ2v) is 8.58. The fraction of sp³-hybridized carbons (Fsp3) is 0.529. The predicted molar refractivity (Wildman–Crippen MR) is 98.9 cm³/mol. The average molecular weight is 437 g/mol. The van der Waals surface area contributed by atoms with E-state index in [4.69, 9.17) is 9.84 Å². The van der Waals surface area contributed by atoms with Gasteiger partial charge in [0.15, 0.2) is 9.84 Å². The van der Waals surface area contributed by atoms with Crippen molar-refractivity contribution >= 4 is 15.8 Å². The summed E-state index contributed by atoms with van der Waals surface area (Å²) >= 11 is 0. The standard InChI is InChI=1S/C17H22F3N3O5S/c1-10(25)11(2)28-15-14(17(18,19)20)9-21-16(23-15)22-12-3-5-13(6-4-12)29(26,27)8-7-24/h3,5-6,9-12,24-25H,4,7-8H2,1-2H3,(H,21,22,23)/t10-,11-,12?/m1/s1. The maximum Gasteiger partial charge on any atom is 0.423 e. The van der Waals surface area contributed by atoms with Gasteiger partial charge in [0.2, 0.25) is 11.8 Å². The molecule has 0 aromatic carbocycles. The summed E-state index contributed by atoms with van der Waals surface area (Å²) in [6.07, 6.45) is -1.58. The first-order valence-electron chi connectivity index (χ1n) is 8.71. The summed E-state index contributed by atoms with van der Waals surface area (Å²) in [5.74, 6) is -1.26. The van der Waals surface area contributed by atoms with Crippen LogP contribution in [-0.2, 0) is 16.0 Å². The van der Waals surface area contributed by atoms with Gasteiger partial charge in [-0.25, -0.2) is 13.4 Å². The molecule has 0 radical (unpaired) electrons. The monoisotopic (exact) mass is 437 g/mol. The Morgan fingerprint density at radius 3 is 2.59 bits per heavy atom. The Morgan fingerprint density at radius 2 is 2.07 bits per heavy atom. The normalized spacial score (nSPS) is 19.4. The Balaban J connectivity index is 2.18. The Morgan fingerprint density at radius 1 is 1.38 bits per heavy atom. The molecule has 3 N–H and O–H groups in total. The molecule has 1 heterocycles. The lowest BCUT2D eigenvalue weighted by Crippen LogP contribution is -2.28. The van der Waals surface area contributed by atoms with E-state index in [-0.39, 0.29) is 17.3 Å². The lowest BCUT2D eigenvalue weighted by Gasteiger charge is -2.21. The van der Waals surface area contributed by atoms with Crippen molar-refractivity contribution in [2.75, 3.05) is 17.7 Å². The van der Waals surface area contributed by atoms with Crippen LogP contribution in [0.2, 0.25) is 0 Å². The molecule has 8 nitrogen and oxygen atoms in total. The number of sulfone groups is 1. The molecule has 12 heteroatoms. The van der Waals surface area contributed by atoms with Crippen molar-refractivity contribution in [2.24, 2.45) is 0 Å². The molecule has 0 spiro atoms. The fourth-order valence-corrected chi connectivity index (χ4v) is 3.45. The van der Waals surface area contributed by atoms with Gasteiger partial charge in [0.25, 0.3) is 0 Å². The molecular weight excluding hydrogens is 415 g/mol. The molecule has 0 saturated heterocycles. The number of alkyl halides is 3. The minimum atomic E-state index is -4.74.